The lowest BCUT2D eigenvalue weighted by atomic mass is 9.89. The van der Waals surface area contributed by atoms with E-state index >= 15 is 0 Å². The highest BCUT2D eigenvalue weighted by atomic mass is 32.4. The van der Waals surface area contributed by atoms with Gasteiger partial charge in [-0.3, -0.25) is 0 Å². The molecule has 5 aromatic rings. The second kappa shape index (κ2) is 7.76. The lowest BCUT2D eigenvalue weighted by molar-refractivity contribution is 1.48. The number of rotatable bonds is 3. The highest BCUT2D eigenvalue weighted by Gasteiger charge is 2.17. The summed E-state index contributed by atoms with van der Waals surface area (Å²) in [6.45, 7) is 4.39. The molecular weight excluding hydrogens is 399 g/mol. The van der Waals surface area contributed by atoms with Crippen molar-refractivity contribution >= 4 is 46.0 Å². The van der Waals surface area contributed by atoms with Crippen molar-refractivity contribution in [1.82, 2.24) is 0 Å². The van der Waals surface area contributed by atoms with E-state index in [9.17, 15) is 0 Å². The molecule has 0 heterocycles. The first kappa shape index (κ1) is 19.1. The van der Waals surface area contributed by atoms with Crippen LogP contribution in [0, 0.1) is 13.8 Å². The molecular formula is C28H21PS. The van der Waals surface area contributed by atoms with Crippen LogP contribution in [-0.2, 0) is 11.8 Å². The zero-order valence-corrected chi connectivity index (χ0v) is 18.7. The van der Waals surface area contributed by atoms with Gasteiger partial charge < -0.3 is 0 Å². The molecule has 0 fully saturated rings. The molecule has 0 amide bonds. The van der Waals surface area contributed by atoms with Crippen LogP contribution in [0.4, 0.5) is 0 Å². The zero-order valence-electron chi connectivity index (χ0n) is 17.0. The van der Waals surface area contributed by atoms with Crippen molar-refractivity contribution < 1.29 is 0 Å². The van der Waals surface area contributed by atoms with E-state index in [1.54, 1.807) is 0 Å². The van der Waals surface area contributed by atoms with Crippen LogP contribution in [0.3, 0.4) is 0 Å². The molecule has 0 aliphatic heterocycles. The summed E-state index contributed by atoms with van der Waals surface area (Å²) in [5.74, 6) is 0. The highest BCUT2D eigenvalue weighted by Crippen LogP contribution is 2.37. The van der Waals surface area contributed by atoms with Crippen LogP contribution in [-0.4, -0.2) is 0 Å². The highest BCUT2D eigenvalue weighted by molar-refractivity contribution is 7.99. The van der Waals surface area contributed by atoms with Gasteiger partial charge in [0.25, 0.3) is 0 Å². The normalized spacial score (nSPS) is 11.4. The summed E-state index contributed by atoms with van der Waals surface area (Å²) in [5.41, 5.74) is 7.62. The fraction of sp³-hybridized carbons (Fsp3) is 0.0714. The molecule has 0 aromatic heterocycles. The van der Waals surface area contributed by atoms with Gasteiger partial charge in [0.2, 0.25) is 0 Å². The summed E-state index contributed by atoms with van der Waals surface area (Å²) in [4.78, 5) is 0. The van der Waals surface area contributed by atoms with Crippen LogP contribution in [0.2, 0.25) is 0 Å². The van der Waals surface area contributed by atoms with E-state index in [0.717, 1.165) is 7.36 Å². The smallest absolute Gasteiger partial charge is 0.0285 e. The summed E-state index contributed by atoms with van der Waals surface area (Å²) in [5, 5.41) is 6.30. The zero-order chi connectivity index (χ0) is 20.7. The first-order valence-corrected chi connectivity index (χ1v) is 12.0. The SMILES string of the molecule is Cc1ccc2ccccc2c1-c1cccc(-c2c(C)ccc3ccccc23)c1P=S. The van der Waals surface area contributed by atoms with Gasteiger partial charge in [0, 0.05) is 12.7 Å². The van der Waals surface area contributed by atoms with Gasteiger partial charge in [0.15, 0.2) is 0 Å². The maximum absolute atomic E-state index is 5.70. The van der Waals surface area contributed by atoms with E-state index in [2.05, 4.69) is 105 Å². The van der Waals surface area contributed by atoms with Crippen molar-refractivity contribution in [2.24, 2.45) is 0 Å². The number of hydrogen-bond donors (Lipinski definition) is 0. The first-order valence-electron chi connectivity index (χ1n) is 10.1. The van der Waals surface area contributed by atoms with Gasteiger partial charge in [-0.25, -0.2) is 0 Å². The second-order valence-corrected chi connectivity index (χ2v) is 8.93. The molecule has 144 valence electrons. The van der Waals surface area contributed by atoms with Gasteiger partial charge in [-0.2, -0.15) is 0 Å². The lowest BCUT2D eigenvalue weighted by Crippen LogP contribution is -2.05. The molecule has 5 rings (SSSR count). The molecule has 0 saturated heterocycles. The molecule has 0 saturated carbocycles. The van der Waals surface area contributed by atoms with Crippen molar-refractivity contribution in [1.29, 1.82) is 0 Å². The predicted octanol–water partition coefficient (Wildman–Crippen LogP) is 7.98. The molecule has 0 aliphatic rings. The number of benzene rings is 5. The first-order chi connectivity index (χ1) is 14.7. The van der Waals surface area contributed by atoms with Crippen molar-refractivity contribution in [2.75, 3.05) is 0 Å². The average Bonchev–Trinajstić information content (AvgIpc) is 2.78. The van der Waals surface area contributed by atoms with Crippen LogP contribution in [0.1, 0.15) is 11.1 Å². The Labute approximate surface area is 184 Å². The van der Waals surface area contributed by atoms with Crippen LogP contribution < -0.4 is 5.30 Å². The Morgan fingerprint density at radius 2 is 1.00 bits per heavy atom. The number of hydrogen-bond acceptors (Lipinski definition) is 1. The molecule has 2 heteroatoms. The summed E-state index contributed by atoms with van der Waals surface area (Å²) in [6, 6.07) is 32.7. The number of aryl methyl sites for hydroxylation is 2. The largest absolute Gasteiger partial charge is 0.0616 e. The topological polar surface area (TPSA) is 0 Å². The average molecular weight is 421 g/mol. The Hall–Kier alpha value is -2.86. The van der Waals surface area contributed by atoms with Crippen molar-refractivity contribution in [3.8, 4) is 22.3 Å². The van der Waals surface area contributed by atoms with Gasteiger partial charge in [0.05, 0.1) is 0 Å². The van der Waals surface area contributed by atoms with Crippen LogP contribution in [0.5, 0.6) is 0 Å². The minimum absolute atomic E-state index is 0.863. The summed E-state index contributed by atoms with van der Waals surface area (Å²) < 4.78 is 0. The molecule has 0 unspecified atom stereocenters. The third-order valence-electron chi connectivity index (χ3n) is 5.94. The van der Waals surface area contributed by atoms with E-state index in [1.807, 2.05) is 0 Å². The molecule has 0 N–H and O–H groups in total. The fourth-order valence-corrected chi connectivity index (χ4v) is 5.68. The van der Waals surface area contributed by atoms with Gasteiger partial charge in [-0.1, -0.05) is 103 Å². The second-order valence-electron chi connectivity index (χ2n) is 7.75. The van der Waals surface area contributed by atoms with Crippen LogP contribution in [0.25, 0.3) is 43.8 Å². The van der Waals surface area contributed by atoms with Crippen molar-refractivity contribution in [2.45, 2.75) is 13.8 Å². The maximum atomic E-state index is 5.70. The summed E-state index contributed by atoms with van der Waals surface area (Å²) in [7, 11) is 0.863. The summed E-state index contributed by atoms with van der Waals surface area (Å²) >= 11 is 5.70. The fourth-order valence-electron chi connectivity index (χ4n) is 4.52. The van der Waals surface area contributed by atoms with E-state index in [1.165, 1.54) is 60.2 Å². The summed E-state index contributed by atoms with van der Waals surface area (Å²) in [6.07, 6.45) is 0. The molecule has 0 radical (unpaired) electrons. The quantitative estimate of drug-likeness (QED) is 0.267. The van der Waals surface area contributed by atoms with Crippen LogP contribution in [0.15, 0.2) is 91.0 Å². The monoisotopic (exact) mass is 420 g/mol. The third kappa shape index (κ3) is 3.06. The Kier molecular flexibility index (Phi) is 4.95. The Morgan fingerprint density at radius 3 is 1.47 bits per heavy atom. The molecule has 0 nitrogen and oxygen atoms in total. The molecule has 0 aliphatic carbocycles. The predicted molar refractivity (Wildman–Crippen MR) is 136 cm³/mol. The minimum atomic E-state index is 0.863. The van der Waals surface area contributed by atoms with Gasteiger partial charge in [-0.05, 0) is 68.8 Å². The van der Waals surface area contributed by atoms with Gasteiger partial charge in [0.1, 0.15) is 0 Å². The molecule has 5 aromatic carbocycles. The van der Waals surface area contributed by atoms with Crippen molar-refractivity contribution in [3.63, 3.8) is 0 Å². The molecule has 30 heavy (non-hydrogen) atoms. The van der Waals surface area contributed by atoms with E-state index in [4.69, 9.17) is 11.8 Å². The molecule has 0 bridgehead atoms. The Morgan fingerprint density at radius 1 is 0.533 bits per heavy atom. The Balaban J connectivity index is 1.88. The number of fused-ring (bicyclic) bond motifs is 2. The van der Waals surface area contributed by atoms with Crippen molar-refractivity contribution in [3.05, 3.63) is 102 Å². The Bertz CT molecular complexity index is 1330. The minimum Gasteiger partial charge on any atom is -0.0616 e. The maximum Gasteiger partial charge on any atom is 0.0285 e. The van der Waals surface area contributed by atoms with E-state index < -0.39 is 0 Å². The standard InChI is InChI=1S/C28H21PS/c1-18-14-16-20-8-3-5-10-22(20)26(18)24-12-7-13-25(28(24)29-30)27-19(2)15-17-21-9-4-6-11-23(21)27/h3-17H,1-2H3. The van der Waals surface area contributed by atoms with E-state index in [-0.39, 0.29) is 0 Å². The molecule has 0 spiro atoms. The van der Waals surface area contributed by atoms with Gasteiger partial charge in [-0.15, -0.1) is 0 Å². The third-order valence-corrected chi connectivity index (χ3v) is 7.15. The van der Waals surface area contributed by atoms with E-state index in [0.29, 0.717) is 0 Å². The molecule has 0 atom stereocenters. The van der Waals surface area contributed by atoms with Crippen LogP contribution >= 0.6 is 7.36 Å². The van der Waals surface area contributed by atoms with Gasteiger partial charge >= 0.3 is 0 Å². The lowest BCUT2D eigenvalue weighted by Gasteiger charge is -2.18.